The van der Waals surface area contributed by atoms with Crippen molar-refractivity contribution in [3.8, 4) is 11.8 Å². The summed E-state index contributed by atoms with van der Waals surface area (Å²) in [5.74, 6) is 0.604. The number of aromatic nitrogens is 1. The van der Waals surface area contributed by atoms with Crippen molar-refractivity contribution in [3.05, 3.63) is 53.9 Å². The van der Waals surface area contributed by atoms with Crippen LogP contribution in [0.15, 0.2) is 42.6 Å². The van der Waals surface area contributed by atoms with E-state index >= 15 is 0 Å². The van der Waals surface area contributed by atoms with E-state index in [1.807, 2.05) is 24.2 Å². The summed E-state index contributed by atoms with van der Waals surface area (Å²) >= 11 is 0. The third-order valence-corrected chi connectivity index (χ3v) is 4.51. The Balaban J connectivity index is 1.70. The van der Waals surface area contributed by atoms with E-state index in [4.69, 9.17) is 10.00 Å². The van der Waals surface area contributed by atoms with Crippen LogP contribution in [0.4, 0.5) is 0 Å². The number of ether oxygens (including phenoxy) is 1. The van der Waals surface area contributed by atoms with Gasteiger partial charge >= 0.3 is 0 Å². The Labute approximate surface area is 142 Å². The first-order valence-corrected chi connectivity index (χ1v) is 8.18. The maximum atomic E-state index is 12.8. The van der Waals surface area contributed by atoms with Crippen LogP contribution in [0.3, 0.4) is 0 Å². The minimum Gasteiger partial charge on any atom is -0.481 e. The van der Waals surface area contributed by atoms with Crippen LogP contribution in [-0.2, 0) is 11.8 Å². The van der Waals surface area contributed by atoms with Crippen LogP contribution >= 0.6 is 0 Å². The first-order chi connectivity index (χ1) is 11.6. The summed E-state index contributed by atoms with van der Waals surface area (Å²) in [5, 5.41) is 8.83. The zero-order chi connectivity index (χ0) is 17.1. The number of benzene rings is 1. The van der Waals surface area contributed by atoms with Gasteiger partial charge in [-0.1, -0.05) is 0 Å². The van der Waals surface area contributed by atoms with Gasteiger partial charge in [0.25, 0.3) is 5.91 Å². The van der Waals surface area contributed by atoms with Gasteiger partial charge in [0, 0.05) is 25.5 Å². The standard InChI is InChI=1S/C19H21N3O2/c1-14(24-16-9-7-15(13-20)8-10-16)19(23)22-12-4-6-18(22)17-5-3-11-21(17)2/h3,5,7-11,14,18H,4,6,12H2,1-2H3. The van der Waals surface area contributed by atoms with Gasteiger partial charge in [-0.3, -0.25) is 4.79 Å². The summed E-state index contributed by atoms with van der Waals surface area (Å²) in [4.78, 5) is 14.7. The number of nitriles is 1. The minimum absolute atomic E-state index is 0.00283. The molecule has 1 saturated heterocycles. The van der Waals surface area contributed by atoms with Crippen molar-refractivity contribution in [1.29, 1.82) is 5.26 Å². The molecule has 2 atom stereocenters. The number of carbonyl (C=O) groups excluding carboxylic acids is 1. The summed E-state index contributed by atoms with van der Waals surface area (Å²) < 4.78 is 7.85. The molecule has 5 heteroatoms. The summed E-state index contributed by atoms with van der Waals surface area (Å²) in [5.41, 5.74) is 1.73. The molecule has 2 heterocycles. The fourth-order valence-electron chi connectivity index (χ4n) is 3.25. The number of likely N-dealkylation sites (tertiary alicyclic amines) is 1. The molecule has 2 aromatic rings. The smallest absolute Gasteiger partial charge is 0.263 e. The average molecular weight is 323 g/mol. The van der Waals surface area contributed by atoms with Gasteiger partial charge in [-0.15, -0.1) is 0 Å². The van der Waals surface area contributed by atoms with Gasteiger partial charge in [-0.25, -0.2) is 0 Å². The first kappa shape index (κ1) is 16.1. The molecule has 0 radical (unpaired) electrons. The number of rotatable bonds is 4. The second-order valence-corrected chi connectivity index (χ2v) is 6.13. The summed E-state index contributed by atoms with van der Waals surface area (Å²) in [6.07, 6.45) is 3.43. The summed E-state index contributed by atoms with van der Waals surface area (Å²) in [6.45, 7) is 2.54. The number of carbonyl (C=O) groups is 1. The van der Waals surface area contributed by atoms with Gasteiger partial charge in [0.2, 0.25) is 0 Å². The van der Waals surface area contributed by atoms with Gasteiger partial charge < -0.3 is 14.2 Å². The molecule has 0 N–H and O–H groups in total. The van der Waals surface area contributed by atoms with Crippen LogP contribution in [-0.4, -0.2) is 28.0 Å². The van der Waals surface area contributed by atoms with E-state index in [9.17, 15) is 4.79 Å². The predicted molar refractivity (Wildman–Crippen MR) is 90.3 cm³/mol. The van der Waals surface area contributed by atoms with Crippen LogP contribution in [0, 0.1) is 11.3 Å². The molecule has 2 unspecified atom stereocenters. The largest absolute Gasteiger partial charge is 0.481 e. The lowest BCUT2D eigenvalue weighted by Gasteiger charge is -2.28. The zero-order valence-electron chi connectivity index (χ0n) is 14.0. The number of nitrogens with zero attached hydrogens (tertiary/aromatic N) is 3. The molecule has 1 aromatic carbocycles. The van der Waals surface area contributed by atoms with E-state index in [0.717, 1.165) is 25.1 Å². The highest BCUT2D eigenvalue weighted by Crippen LogP contribution is 2.32. The molecule has 1 amide bonds. The van der Waals surface area contributed by atoms with E-state index in [2.05, 4.69) is 16.7 Å². The molecule has 124 valence electrons. The second-order valence-electron chi connectivity index (χ2n) is 6.13. The lowest BCUT2D eigenvalue weighted by molar-refractivity contribution is -0.139. The maximum Gasteiger partial charge on any atom is 0.263 e. The fraction of sp³-hybridized carbons (Fsp3) is 0.368. The summed E-state index contributed by atoms with van der Waals surface area (Å²) in [7, 11) is 2.01. The molecule has 1 aromatic heterocycles. The Bertz CT molecular complexity index is 758. The van der Waals surface area contributed by atoms with Gasteiger partial charge in [0.15, 0.2) is 6.10 Å². The van der Waals surface area contributed by atoms with Crippen LogP contribution in [0.5, 0.6) is 5.75 Å². The molecule has 1 aliphatic heterocycles. The minimum atomic E-state index is -0.557. The third kappa shape index (κ3) is 3.13. The highest BCUT2D eigenvalue weighted by molar-refractivity contribution is 5.81. The number of amides is 1. The normalized spacial score (nSPS) is 18.2. The molecule has 3 rings (SSSR count). The molecule has 0 saturated carbocycles. The Kier molecular flexibility index (Phi) is 4.57. The Hall–Kier alpha value is -2.74. The SMILES string of the molecule is CC(Oc1ccc(C#N)cc1)C(=O)N1CCCC1c1cccn1C. The molecule has 0 spiro atoms. The van der Waals surface area contributed by atoms with Crippen molar-refractivity contribution < 1.29 is 9.53 Å². The molecular weight excluding hydrogens is 302 g/mol. The number of hydrogen-bond acceptors (Lipinski definition) is 3. The Morgan fingerprint density at radius 1 is 1.33 bits per heavy atom. The van der Waals surface area contributed by atoms with Crippen molar-refractivity contribution in [2.75, 3.05) is 6.54 Å². The Morgan fingerprint density at radius 3 is 2.71 bits per heavy atom. The third-order valence-electron chi connectivity index (χ3n) is 4.51. The lowest BCUT2D eigenvalue weighted by atomic mass is 10.1. The predicted octanol–water partition coefficient (Wildman–Crippen LogP) is 3.03. The Morgan fingerprint density at radius 2 is 2.08 bits per heavy atom. The topological polar surface area (TPSA) is 58.3 Å². The van der Waals surface area contributed by atoms with Gasteiger partial charge in [0.05, 0.1) is 17.7 Å². The van der Waals surface area contributed by atoms with Crippen LogP contribution in [0.2, 0.25) is 0 Å². The molecule has 1 aliphatic rings. The van der Waals surface area contributed by atoms with Crippen molar-refractivity contribution in [3.63, 3.8) is 0 Å². The second kappa shape index (κ2) is 6.79. The highest BCUT2D eigenvalue weighted by atomic mass is 16.5. The van der Waals surface area contributed by atoms with Crippen molar-refractivity contribution >= 4 is 5.91 Å². The fourth-order valence-corrected chi connectivity index (χ4v) is 3.25. The first-order valence-electron chi connectivity index (χ1n) is 8.18. The number of hydrogen-bond donors (Lipinski definition) is 0. The van der Waals surface area contributed by atoms with Crippen molar-refractivity contribution in [2.45, 2.75) is 31.9 Å². The maximum absolute atomic E-state index is 12.8. The molecule has 24 heavy (non-hydrogen) atoms. The van der Waals surface area contributed by atoms with Gasteiger partial charge in [-0.05, 0) is 56.2 Å². The molecule has 5 nitrogen and oxygen atoms in total. The van der Waals surface area contributed by atoms with E-state index in [-0.39, 0.29) is 11.9 Å². The van der Waals surface area contributed by atoms with Crippen LogP contribution in [0.1, 0.15) is 37.1 Å². The van der Waals surface area contributed by atoms with Crippen LogP contribution < -0.4 is 4.74 Å². The average Bonchev–Trinajstić information content (AvgIpc) is 3.23. The van der Waals surface area contributed by atoms with Crippen molar-refractivity contribution in [1.82, 2.24) is 9.47 Å². The quantitative estimate of drug-likeness (QED) is 0.869. The monoisotopic (exact) mass is 323 g/mol. The van der Waals surface area contributed by atoms with E-state index < -0.39 is 6.10 Å². The lowest BCUT2D eigenvalue weighted by Crippen LogP contribution is -2.40. The van der Waals surface area contributed by atoms with E-state index in [1.165, 1.54) is 0 Å². The zero-order valence-corrected chi connectivity index (χ0v) is 14.0. The molecule has 0 aliphatic carbocycles. The van der Waals surface area contributed by atoms with Crippen LogP contribution in [0.25, 0.3) is 0 Å². The van der Waals surface area contributed by atoms with E-state index in [0.29, 0.717) is 11.3 Å². The molecule has 0 bridgehead atoms. The van der Waals surface area contributed by atoms with Gasteiger partial charge in [-0.2, -0.15) is 5.26 Å². The summed E-state index contributed by atoms with van der Waals surface area (Å²) in [6, 6.07) is 13.1. The van der Waals surface area contributed by atoms with E-state index in [1.54, 1.807) is 31.2 Å². The van der Waals surface area contributed by atoms with Crippen molar-refractivity contribution in [2.24, 2.45) is 7.05 Å². The number of aryl methyl sites for hydroxylation is 1. The molecular formula is C19H21N3O2. The molecule has 1 fully saturated rings. The van der Waals surface area contributed by atoms with Gasteiger partial charge in [0.1, 0.15) is 5.75 Å². The highest BCUT2D eigenvalue weighted by Gasteiger charge is 2.34.